The van der Waals surface area contributed by atoms with E-state index in [2.05, 4.69) is 0 Å². The maximum atomic E-state index is 10.7. The molecule has 4 nitrogen and oxygen atoms in total. The summed E-state index contributed by atoms with van der Waals surface area (Å²) in [5.41, 5.74) is 1.88. The number of ether oxygens (including phenoxy) is 2. The fourth-order valence-electron chi connectivity index (χ4n) is 1.82. The second kappa shape index (κ2) is 5.44. The van der Waals surface area contributed by atoms with E-state index in [4.69, 9.17) is 9.47 Å². The Labute approximate surface area is 111 Å². The van der Waals surface area contributed by atoms with Gasteiger partial charge >= 0.3 is 0 Å². The van der Waals surface area contributed by atoms with Gasteiger partial charge in [0.1, 0.15) is 11.5 Å². The zero-order chi connectivity index (χ0) is 13.8. The predicted molar refractivity (Wildman–Crippen MR) is 69.3 cm³/mol. The van der Waals surface area contributed by atoms with Gasteiger partial charge in [-0.25, -0.2) is 0 Å². The van der Waals surface area contributed by atoms with Crippen LogP contribution in [0.1, 0.15) is 10.4 Å². The normalized spacial score (nSPS) is 10.0. The van der Waals surface area contributed by atoms with Crippen LogP contribution in [0.5, 0.6) is 11.5 Å². The van der Waals surface area contributed by atoms with Crippen LogP contribution in [0.25, 0.3) is 11.1 Å². The lowest BCUT2D eigenvalue weighted by Gasteiger charge is -2.11. The minimum absolute atomic E-state index is 0.149. The second-order valence-corrected chi connectivity index (χ2v) is 3.93. The van der Waals surface area contributed by atoms with E-state index >= 15 is 0 Å². The van der Waals surface area contributed by atoms with Gasteiger partial charge in [-0.15, -0.1) is 0 Å². The van der Waals surface area contributed by atoms with Crippen molar-refractivity contribution in [3.63, 3.8) is 0 Å². The molecular formula is C15H13O4-. The third-order valence-corrected chi connectivity index (χ3v) is 2.84. The molecule has 0 aromatic heterocycles. The second-order valence-electron chi connectivity index (χ2n) is 3.93. The van der Waals surface area contributed by atoms with E-state index < -0.39 is 5.97 Å². The van der Waals surface area contributed by atoms with Gasteiger partial charge in [-0.2, -0.15) is 0 Å². The third kappa shape index (κ3) is 2.68. The number of methoxy groups -OCH3 is 2. The molecule has 19 heavy (non-hydrogen) atoms. The van der Waals surface area contributed by atoms with Crippen molar-refractivity contribution in [3.8, 4) is 22.6 Å². The maximum absolute atomic E-state index is 10.7. The fourth-order valence-corrected chi connectivity index (χ4v) is 1.82. The maximum Gasteiger partial charge on any atom is 0.130 e. The van der Waals surface area contributed by atoms with Crippen LogP contribution >= 0.6 is 0 Å². The summed E-state index contributed by atoms with van der Waals surface area (Å²) < 4.78 is 10.4. The first kappa shape index (κ1) is 13.0. The Kier molecular flexibility index (Phi) is 3.71. The first-order valence-electron chi connectivity index (χ1n) is 5.69. The van der Waals surface area contributed by atoms with E-state index in [0.717, 1.165) is 11.1 Å². The summed E-state index contributed by atoms with van der Waals surface area (Å²) in [6, 6.07) is 11.9. The van der Waals surface area contributed by atoms with Crippen LogP contribution in [0, 0.1) is 0 Å². The number of carbonyl (C=O) groups excluding carboxylic acids is 1. The molecule has 2 aromatic rings. The van der Waals surface area contributed by atoms with Crippen molar-refractivity contribution in [2.24, 2.45) is 0 Å². The highest BCUT2D eigenvalue weighted by molar-refractivity contribution is 5.86. The molecule has 0 amide bonds. The highest BCUT2D eigenvalue weighted by Gasteiger charge is 2.07. The Morgan fingerprint density at radius 1 is 1.00 bits per heavy atom. The number of hydrogen-bond donors (Lipinski definition) is 0. The molecule has 0 aliphatic rings. The summed E-state index contributed by atoms with van der Waals surface area (Å²) in [5.74, 6) is 0.181. The summed E-state index contributed by atoms with van der Waals surface area (Å²) in [4.78, 5) is 10.7. The largest absolute Gasteiger partial charge is 0.545 e. The molecule has 0 spiro atoms. The number of carboxylic acids is 1. The molecule has 2 rings (SSSR count). The van der Waals surface area contributed by atoms with Crippen molar-refractivity contribution in [1.29, 1.82) is 0 Å². The van der Waals surface area contributed by atoms with Crippen LogP contribution in [0.3, 0.4) is 0 Å². The lowest BCUT2D eigenvalue weighted by atomic mass is 10.0. The Morgan fingerprint density at radius 2 is 1.68 bits per heavy atom. The summed E-state index contributed by atoms with van der Waals surface area (Å²) in [7, 11) is 3.16. The summed E-state index contributed by atoms with van der Waals surface area (Å²) in [5, 5.41) is 10.7. The molecule has 0 saturated carbocycles. The van der Waals surface area contributed by atoms with Crippen LogP contribution in [-0.2, 0) is 0 Å². The van der Waals surface area contributed by atoms with E-state index in [9.17, 15) is 9.90 Å². The average Bonchev–Trinajstić information content (AvgIpc) is 2.46. The third-order valence-electron chi connectivity index (χ3n) is 2.84. The molecule has 0 aliphatic carbocycles. The van der Waals surface area contributed by atoms with Gasteiger partial charge in [-0.1, -0.05) is 24.3 Å². The van der Waals surface area contributed by atoms with Crippen molar-refractivity contribution in [2.75, 3.05) is 14.2 Å². The van der Waals surface area contributed by atoms with Crippen LogP contribution in [0.15, 0.2) is 42.5 Å². The van der Waals surface area contributed by atoms with Gasteiger partial charge in [0.15, 0.2) is 0 Å². The van der Waals surface area contributed by atoms with Crippen molar-refractivity contribution < 1.29 is 19.4 Å². The van der Waals surface area contributed by atoms with E-state index in [0.29, 0.717) is 11.5 Å². The molecule has 2 aromatic carbocycles. The first-order chi connectivity index (χ1) is 9.15. The molecule has 0 aliphatic heterocycles. The van der Waals surface area contributed by atoms with E-state index in [1.165, 1.54) is 12.1 Å². The summed E-state index contributed by atoms with van der Waals surface area (Å²) >= 11 is 0. The number of carbonyl (C=O) groups is 1. The predicted octanol–water partition coefficient (Wildman–Crippen LogP) is 1.73. The van der Waals surface area contributed by atoms with Gasteiger partial charge in [-0.05, 0) is 23.3 Å². The number of carboxylic acid groups (broad SMARTS) is 1. The minimum atomic E-state index is -1.19. The lowest BCUT2D eigenvalue weighted by Crippen LogP contribution is -2.21. The SMILES string of the molecule is COc1ccc(-c2ccc(C(=O)[O-])cc2)c(OC)c1. The highest BCUT2D eigenvalue weighted by atomic mass is 16.5. The first-order valence-corrected chi connectivity index (χ1v) is 5.69. The van der Waals surface area contributed by atoms with Gasteiger partial charge in [-0.3, -0.25) is 0 Å². The average molecular weight is 257 g/mol. The molecule has 0 unspecified atom stereocenters. The summed E-state index contributed by atoms with van der Waals surface area (Å²) in [6.07, 6.45) is 0. The number of aromatic carboxylic acids is 1. The molecular weight excluding hydrogens is 244 g/mol. The standard InChI is InChI=1S/C15H14O4/c1-18-12-7-8-13(14(9-12)19-2)10-3-5-11(6-4-10)15(16)17/h3-9H,1-2H3,(H,16,17)/p-1. The highest BCUT2D eigenvalue weighted by Crippen LogP contribution is 2.33. The van der Waals surface area contributed by atoms with Crippen LogP contribution < -0.4 is 14.6 Å². The Morgan fingerprint density at radius 3 is 2.21 bits per heavy atom. The molecule has 0 atom stereocenters. The quantitative estimate of drug-likeness (QED) is 0.837. The number of rotatable bonds is 4. The van der Waals surface area contributed by atoms with E-state index in [-0.39, 0.29) is 5.56 Å². The molecule has 0 heterocycles. The Bertz CT molecular complexity index is 588. The summed E-state index contributed by atoms with van der Waals surface area (Å²) in [6.45, 7) is 0. The Hall–Kier alpha value is -2.49. The van der Waals surface area contributed by atoms with Crippen molar-refractivity contribution in [2.45, 2.75) is 0 Å². The zero-order valence-electron chi connectivity index (χ0n) is 10.7. The van der Waals surface area contributed by atoms with Crippen LogP contribution in [0.2, 0.25) is 0 Å². The monoisotopic (exact) mass is 257 g/mol. The molecule has 4 heteroatoms. The molecule has 0 N–H and O–H groups in total. The zero-order valence-corrected chi connectivity index (χ0v) is 10.7. The Balaban J connectivity index is 2.43. The molecule has 0 saturated heterocycles. The fraction of sp³-hybridized carbons (Fsp3) is 0.133. The van der Waals surface area contributed by atoms with Gasteiger partial charge in [0.05, 0.1) is 20.2 Å². The van der Waals surface area contributed by atoms with Crippen molar-refractivity contribution >= 4 is 5.97 Å². The topological polar surface area (TPSA) is 58.6 Å². The number of hydrogen-bond acceptors (Lipinski definition) is 4. The van der Waals surface area contributed by atoms with Gasteiger partial charge in [0, 0.05) is 11.6 Å². The molecule has 0 radical (unpaired) electrons. The minimum Gasteiger partial charge on any atom is -0.545 e. The van der Waals surface area contributed by atoms with E-state index in [1.807, 2.05) is 12.1 Å². The molecule has 98 valence electrons. The van der Waals surface area contributed by atoms with Crippen molar-refractivity contribution in [1.82, 2.24) is 0 Å². The van der Waals surface area contributed by atoms with Gasteiger partial charge in [0.2, 0.25) is 0 Å². The lowest BCUT2D eigenvalue weighted by molar-refractivity contribution is -0.255. The van der Waals surface area contributed by atoms with Crippen LogP contribution in [0.4, 0.5) is 0 Å². The van der Waals surface area contributed by atoms with Gasteiger partial charge in [0.25, 0.3) is 0 Å². The van der Waals surface area contributed by atoms with E-state index in [1.54, 1.807) is 32.4 Å². The van der Waals surface area contributed by atoms with Crippen molar-refractivity contribution in [3.05, 3.63) is 48.0 Å². The molecule has 0 fully saturated rings. The van der Waals surface area contributed by atoms with Crippen LogP contribution in [-0.4, -0.2) is 20.2 Å². The molecule has 0 bridgehead atoms. The smallest absolute Gasteiger partial charge is 0.130 e. The number of benzene rings is 2. The van der Waals surface area contributed by atoms with Gasteiger partial charge < -0.3 is 19.4 Å².